The Morgan fingerprint density at radius 3 is 2.47 bits per heavy atom. The van der Waals surface area contributed by atoms with Gasteiger partial charge in [0.2, 0.25) is 0 Å². The Morgan fingerprint density at radius 2 is 1.74 bits per heavy atom. The van der Waals surface area contributed by atoms with Gasteiger partial charge in [-0.15, -0.1) is 0 Å². The van der Waals surface area contributed by atoms with Crippen molar-refractivity contribution in [1.82, 2.24) is 4.90 Å². The summed E-state index contributed by atoms with van der Waals surface area (Å²) in [7, 11) is 1.71. The molecule has 0 aromatic heterocycles. The third-order valence-electron chi connectivity index (χ3n) is 6.84. The lowest BCUT2D eigenvalue weighted by atomic mass is 9.90. The van der Waals surface area contributed by atoms with Crippen molar-refractivity contribution in [3.05, 3.63) is 83.9 Å². The molecule has 0 N–H and O–H groups in total. The van der Waals surface area contributed by atoms with Crippen molar-refractivity contribution in [3.8, 4) is 22.6 Å². The molecule has 0 radical (unpaired) electrons. The van der Waals surface area contributed by atoms with Crippen LogP contribution in [0.25, 0.3) is 11.1 Å². The van der Waals surface area contributed by atoms with Gasteiger partial charge in [-0.25, -0.2) is 0 Å². The number of aryl methyl sites for hydroxylation is 2. The van der Waals surface area contributed by atoms with E-state index in [9.17, 15) is 4.79 Å². The number of para-hydroxylation sites is 1. The number of likely N-dealkylation sites (tertiary alicyclic amines) is 1. The Hall–Kier alpha value is -3.27. The monoisotopic (exact) mass is 457 g/mol. The average Bonchev–Trinajstić information content (AvgIpc) is 2.89. The summed E-state index contributed by atoms with van der Waals surface area (Å²) in [6.45, 7) is 5.51. The largest absolute Gasteiger partial charge is 0.497 e. The molecule has 1 amide bonds. The van der Waals surface area contributed by atoms with E-state index in [2.05, 4.69) is 36.4 Å². The van der Waals surface area contributed by atoms with Crippen molar-refractivity contribution in [2.75, 3.05) is 20.2 Å². The van der Waals surface area contributed by atoms with E-state index in [1.165, 1.54) is 5.56 Å². The molecular weight excluding hydrogens is 422 g/mol. The molecule has 4 heteroatoms. The fraction of sp³-hybridized carbons (Fsp3) is 0.367. The van der Waals surface area contributed by atoms with Crippen LogP contribution < -0.4 is 9.47 Å². The summed E-state index contributed by atoms with van der Waals surface area (Å²) in [5.74, 6) is 2.43. The van der Waals surface area contributed by atoms with E-state index in [-0.39, 0.29) is 5.91 Å². The lowest BCUT2D eigenvalue weighted by Gasteiger charge is -2.34. The first-order chi connectivity index (χ1) is 16.5. The first-order valence-electron chi connectivity index (χ1n) is 12.3. The third kappa shape index (κ3) is 5.80. The molecule has 0 spiro atoms. The number of amides is 1. The van der Waals surface area contributed by atoms with Crippen LogP contribution in [-0.2, 0) is 11.2 Å². The van der Waals surface area contributed by atoms with Crippen molar-refractivity contribution in [2.45, 2.75) is 45.6 Å². The lowest BCUT2D eigenvalue weighted by Crippen LogP contribution is -2.44. The Labute approximate surface area is 203 Å². The fourth-order valence-electron chi connectivity index (χ4n) is 4.78. The van der Waals surface area contributed by atoms with Crippen LogP contribution in [0.3, 0.4) is 0 Å². The molecule has 34 heavy (non-hydrogen) atoms. The summed E-state index contributed by atoms with van der Waals surface area (Å²) < 4.78 is 11.6. The number of hydrogen-bond acceptors (Lipinski definition) is 3. The van der Waals surface area contributed by atoms with Crippen molar-refractivity contribution >= 4 is 5.91 Å². The number of piperidine rings is 1. The van der Waals surface area contributed by atoms with Gasteiger partial charge >= 0.3 is 0 Å². The molecular formula is C30H35NO3. The number of benzene rings is 3. The van der Waals surface area contributed by atoms with Crippen LogP contribution in [0.4, 0.5) is 0 Å². The van der Waals surface area contributed by atoms with Gasteiger partial charge in [0.15, 0.2) is 6.10 Å². The molecule has 3 aromatic rings. The quantitative estimate of drug-likeness (QED) is 0.398. The van der Waals surface area contributed by atoms with E-state index in [0.717, 1.165) is 67.0 Å². The zero-order valence-electron chi connectivity index (χ0n) is 20.5. The maximum Gasteiger partial charge on any atom is 0.263 e. The molecule has 178 valence electrons. The van der Waals surface area contributed by atoms with Crippen LogP contribution in [0.15, 0.2) is 72.8 Å². The highest BCUT2D eigenvalue weighted by atomic mass is 16.5. The number of methoxy groups -OCH3 is 1. The molecule has 3 aromatic carbocycles. The van der Waals surface area contributed by atoms with Gasteiger partial charge in [-0.2, -0.15) is 0 Å². The molecule has 1 aliphatic rings. The summed E-state index contributed by atoms with van der Waals surface area (Å²) in [5, 5.41) is 0. The van der Waals surface area contributed by atoms with E-state index in [1.54, 1.807) is 7.11 Å². The number of carbonyl (C=O) groups excluding carboxylic acids is 1. The van der Waals surface area contributed by atoms with Crippen LogP contribution >= 0.6 is 0 Å². The molecule has 1 saturated heterocycles. The summed E-state index contributed by atoms with van der Waals surface area (Å²) in [4.78, 5) is 15.2. The molecule has 1 aliphatic heterocycles. The summed E-state index contributed by atoms with van der Waals surface area (Å²) >= 11 is 0. The van der Waals surface area contributed by atoms with Crippen LogP contribution in [-0.4, -0.2) is 37.1 Å². The molecule has 1 atom stereocenters. The van der Waals surface area contributed by atoms with Crippen molar-refractivity contribution < 1.29 is 14.3 Å². The van der Waals surface area contributed by atoms with Crippen LogP contribution in [0.1, 0.15) is 37.3 Å². The van der Waals surface area contributed by atoms with E-state index < -0.39 is 6.10 Å². The highest BCUT2D eigenvalue weighted by Crippen LogP contribution is 2.34. The highest BCUT2D eigenvalue weighted by Gasteiger charge is 2.27. The van der Waals surface area contributed by atoms with Gasteiger partial charge in [0.1, 0.15) is 11.5 Å². The minimum Gasteiger partial charge on any atom is -0.497 e. The van der Waals surface area contributed by atoms with E-state index >= 15 is 0 Å². The zero-order valence-corrected chi connectivity index (χ0v) is 20.5. The molecule has 1 unspecified atom stereocenters. The van der Waals surface area contributed by atoms with Gasteiger partial charge in [-0.1, -0.05) is 60.7 Å². The van der Waals surface area contributed by atoms with Gasteiger partial charge in [0.05, 0.1) is 7.11 Å². The predicted molar refractivity (Wildman–Crippen MR) is 137 cm³/mol. The van der Waals surface area contributed by atoms with E-state index in [4.69, 9.17) is 9.47 Å². The molecule has 0 bridgehead atoms. The number of hydrogen-bond donors (Lipinski definition) is 0. The van der Waals surface area contributed by atoms with Crippen LogP contribution in [0, 0.1) is 12.8 Å². The van der Waals surface area contributed by atoms with Crippen molar-refractivity contribution in [2.24, 2.45) is 5.92 Å². The lowest BCUT2D eigenvalue weighted by molar-refractivity contribution is -0.139. The minimum atomic E-state index is -0.517. The van der Waals surface area contributed by atoms with Crippen molar-refractivity contribution in [3.63, 3.8) is 0 Å². The van der Waals surface area contributed by atoms with Gasteiger partial charge in [-0.05, 0) is 74.3 Å². The highest BCUT2D eigenvalue weighted by molar-refractivity contribution is 5.82. The van der Waals surface area contributed by atoms with Gasteiger partial charge in [-0.3, -0.25) is 4.79 Å². The first-order valence-corrected chi connectivity index (χ1v) is 12.3. The zero-order chi connectivity index (χ0) is 23.9. The smallest absolute Gasteiger partial charge is 0.263 e. The maximum absolute atomic E-state index is 13.2. The summed E-state index contributed by atoms with van der Waals surface area (Å²) in [5.41, 5.74) is 4.47. The molecule has 1 fully saturated rings. The second-order valence-electron chi connectivity index (χ2n) is 9.24. The van der Waals surface area contributed by atoms with Crippen LogP contribution in [0.5, 0.6) is 11.5 Å². The second-order valence-corrected chi connectivity index (χ2v) is 9.24. The summed E-state index contributed by atoms with van der Waals surface area (Å²) in [6, 6.07) is 24.6. The van der Waals surface area contributed by atoms with E-state index in [1.807, 2.05) is 55.1 Å². The van der Waals surface area contributed by atoms with Gasteiger partial charge < -0.3 is 14.4 Å². The van der Waals surface area contributed by atoms with E-state index in [0.29, 0.717) is 5.92 Å². The third-order valence-corrected chi connectivity index (χ3v) is 6.84. The topological polar surface area (TPSA) is 38.8 Å². The maximum atomic E-state index is 13.2. The van der Waals surface area contributed by atoms with Gasteiger partial charge in [0.25, 0.3) is 5.91 Å². The molecule has 4 nitrogen and oxygen atoms in total. The fourth-order valence-corrected chi connectivity index (χ4v) is 4.78. The molecule has 0 aliphatic carbocycles. The number of rotatable bonds is 8. The number of nitrogens with zero attached hydrogens (tertiary/aromatic N) is 1. The minimum absolute atomic E-state index is 0.0773. The number of carbonyl (C=O) groups is 1. The normalized spacial score (nSPS) is 15.1. The molecule has 0 saturated carbocycles. The Kier molecular flexibility index (Phi) is 7.89. The van der Waals surface area contributed by atoms with Crippen LogP contribution in [0.2, 0.25) is 0 Å². The predicted octanol–water partition coefficient (Wildman–Crippen LogP) is 6.31. The Bertz CT molecular complexity index is 1090. The molecule has 4 rings (SSSR count). The SMILES string of the molecule is COc1cccc(CCC2CCN(C(=O)C(C)Oc3c(C)cccc3-c3ccccc3)CC2)c1. The molecule has 1 heterocycles. The average molecular weight is 458 g/mol. The Morgan fingerprint density at radius 1 is 1.00 bits per heavy atom. The standard InChI is InChI=1S/C30H35NO3/c1-22-9-7-14-28(26-11-5-4-6-12-26)29(22)34-23(2)30(32)31-19-17-24(18-20-31)15-16-25-10-8-13-27(21-25)33-3/h4-14,21,23-24H,15-20H2,1-3H3. The van der Waals surface area contributed by atoms with Gasteiger partial charge in [0, 0.05) is 18.7 Å². The van der Waals surface area contributed by atoms with Crippen molar-refractivity contribution in [1.29, 1.82) is 0 Å². The number of ether oxygens (including phenoxy) is 2. The summed E-state index contributed by atoms with van der Waals surface area (Å²) in [6.07, 6.45) is 3.76. The Balaban J connectivity index is 1.32. The second kappa shape index (κ2) is 11.2. The first kappa shape index (κ1) is 23.9.